The minimum absolute atomic E-state index is 0.0388. The Labute approximate surface area is 186 Å². The van der Waals surface area contributed by atoms with Crippen LogP contribution in [0.15, 0.2) is 41.3 Å². The molecular formula is C21H21F4N3O4S. The highest BCUT2D eigenvalue weighted by Gasteiger charge is 2.38. The molecule has 2 heterocycles. The van der Waals surface area contributed by atoms with Crippen molar-refractivity contribution in [3.63, 3.8) is 0 Å². The number of fused-ring (bicyclic) bond motifs is 1. The third-order valence-electron chi connectivity index (χ3n) is 5.18. The predicted octanol–water partition coefficient (Wildman–Crippen LogP) is 3.87. The zero-order valence-electron chi connectivity index (χ0n) is 17.4. The topological polar surface area (TPSA) is 112 Å². The Morgan fingerprint density at radius 1 is 1.12 bits per heavy atom. The van der Waals surface area contributed by atoms with E-state index in [-0.39, 0.29) is 10.5 Å². The average molecular weight is 487 g/mol. The van der Waals surface area contributed by atoms with Gasteiger partial charge in [-0.2, -0.15) is 13.2 Å². The smallest absolute Gasteiger partial charge is 0.475 e. The summed E-state index contributed by atoms with van der Waals surface area (Å²) < 4.78 is 69.3. The summed E-state index contributed by atoms with van der Waals surface area (Å²) in [6, 6.07) is 10.0. The molecular weight excluding hydrogens is 466 g/mol. The molecule has 3 aromatic rings. The molecule has 0 unspecified atom stereocenters. The number of hydrogen-bond acceptors (Lipinski definition) is 5. The Balaban J connectivity index is 0.000000383. The number of piperidine rings is 1. The van der Waals surface area contributed by atoms with Gasteiger partial charge in [0.25, 0.3) is 0 Å². The molecule has 0 atom stereocenters. The molecule has 33 heavy (non-hydrogen) atoms. The predicted molar refractivity (Wildman–Crippen MR) is 113 cm³/mol. The number of rotatable bonds is 3. The van der Waals surface area contributed by atoms with E-state index < -0.39 is 27.8 Å². The quantitative estimate of drug-likeness (QED) is 0.484. The second-order valence-corrected chi connectivity index (χ2v) is 9.62. The van der Waals surface area contributed by atoms with Crippen LogP contribution in [-0.2, 0) is 14.6 Å². The van der Waals surface area contributed by atoms with Crippen LogP contribution < -0.4 is 5.32 Å². The highest BCUT2D eigenvalue weighted by molar-refractivity contribution is 7.90. The number of benzene rings is 2. The van der Waals surface area contributed by atoms with Crippen molar-refractivity contribution < 1.29 is 35.9 Å². The molecule has 0 amide bonds. The van der Waals surface area contributed by atoms with Crippen LogP contribution in [0, 0.1) is 5.82 Å². The maximum absolute atomic E-state index is 14.4. The number of hydrogen-bond donors (Lipinski definition) is 3. The van der Waals surface area contributed by atoms with Crippen molar-refractivity contribution in [2.24, 2.45) is 0 Å². The van der Waals surface area contributed by atoms with Gasteiger partial charge in [0, 0.05) is 6.26 Å². The fourth-order valence-electron chi connectivity index (χ4n) is 3.48. The number of imidazole rings is 1. The molecule has 4 rings (SSSR count). The van der Waals surface area contributed by atoms with Crippen molar-refractivity contribution in [3.8, 4) is 11.4 Å². The van der Waals surface area contributed by atoms with Crippen molar-refractivity contribution in [2.45, 2.75) is 29.8 Å². The van der Waals surface area contributed by atoms with Gasteiger partial charge in [0.15, 0.2) is 9.84 Å². The van der Waals surface area contributed by atoms with Crippen molar-refractivity contribution in [1.29, 1.82) is 0 Å². The molecule has 0 bridgehead atoms. The van der Waals surface area contributed by atoms with Crippen molar-refractivity contribution in [1.82, 2.24) is 15.3 Å². The number of nitrogens with one attached hydrogen (secondary N) is 2. The summed E-state index contributed by atoms with van der Waals surface area (Å²) in [6.07, 6.45) is -1.82. The number of nitrogens with zero attached hydrogens (tertiary/aromatic N) is 1. The number of aromatic amines is 1. The van der Waals surface area contributed by atoms with Crippen molar-refractivity contribution in [3.05, 3.63) is 47.8 Å². The molecule has 0 saturated carbocycles. The molecule has 0 aliphatic carbocycles. The SMILES string of the molecule is CS(=O)(=O)c1ccc(-c2nc3cc(C4CCNCC4)ccc3[nH]2)c(F)c1.O=C(O)C(F)(F)F. The van der Waals surface area contributed by atoms with E-state index in [0.717, 1.165) is 49.3 Å². The van der Waals surface area contributed by atoms with Crippen LogP contribution in [0.25, 0.3) is 22.4 Å². The van der Waals surface area contributed by atoms with Gasteiger partial charge in [-0.15, -0.1) is 0 Å². The van der Waals surface area contributed by atoms with E-state index >= 15 is 0 Å². The van der Waals surface area contributed by atoms with Gasteiger partial charge in [-0.1, -0.05) is 6.07 Å². The summed E-state index contributed by atoms with van der Waals surface area (Å²) in [5.41, 5.74) is 3.15. The molecule has 178 valence electrons. The van der Waals surface area contributed by atoms with Gasteiger partial charge >= 0.3 is 12.1 Å². The minimum atomic E-state index is -5.08. The fourth-order valence-corrected chi connectivity index (χ4v) is 4.11. The molecule has 1 aliphatic heterocycles. The van der Waals surface area contributed by atoms with Crippen LogP contribution in [0.5, 0.6) is 0 Å². The minimum Gasteiger partial charge on any atom is -0.475 e. The third-order valence-corrected chi connectivity index (χ3v) is 6.29. The fraction of sp³-hybridized carbons (Fsp3) is 0.333. The van der Waals surface area contributed by atoms with Gasteiger partial charge in [-0.05, 0) is 67.7 Å². The molecule has 3 N–H and O–H groups in total. The van der Waals surface area contributed by atoms with Gasteiger partial charge in [-0.3, -0.25) is 0 Å². The molecule has 0 radical (unpaired) electrons. The number of carbonyl (C=O) groups is 1. The Bertz CT molecular complexity index is 1270. The van der Waals surface area contributed by atoms with Crippen LogP contribution in [0.1, 0.15) is 24.3 Å². The lowest BCUT2D eigenvalue weighted by molar-refractivity contribution is -0.192. The monoisotopic (exact) mass is 487 g/mol. The van der Waals surface area contributed by atoms with Gasteiger partial charge in [-0.25, -0.2) is 22.6 Å². The van der Waals surface area contributed by atoms with E-state index in [4.69, 9.17) is 9.90 Å². The lowest BCUT2D eigenvalue weighted by atomic mass is 9.90. The number of halogens is 4. The Kier molecular flexibility index (Phi) is 7.08. The summed E-state index contributed by atoms with van der Waals surface area (Å²) in [7, 11) is -3.44. The number of alkyl halides is 3. The van der Waals surface area contributed by atoms with Gasteiger partial charge in [0.2, 0.25) is 0 Å². The van der Waals surface area contributed by atoms with Crippen molar-refractivity contribution >= 4 is 26.8 Å². The first kappa shape index (κ1) is 24.6. The highest BCUT2D eigenvalue weighted by Crippen LogP contribution is 2.30. The van der Waals surface area contributed by atoms with E-state index in [9.17, 15) is 26.0 Å². The van der Waals surface area contributed by atoms with Gasteiger partial charge in [0.05, 0.1) is 21.5 Å². The van der Waals surface area contributed by atoms with E-state index in [1.807, 2.05) is 6.07 Å². The zero-order valence-corrected chi connectivity index (χ0v) is 18.2. The molecule has 12 heteroatoms. The molecule has 1 saturated heterocycles. The van der Waals surface area contributed by atoms with Crippen LogP contribution in [0.2, 0.25) is 0 Å². The first-order valence-electron chi connectivity index (χ1n) is 9.86. The average Bonchev–Trinajstić information content (AvgIpc) is 3.16. The Morgan fingerprint density at radius 2 is 1.76 bits per heavy atom. The maximum atomic E-state index is 14.4. The Hall–Kier alpha value is -2.99. The van der Waals surface area contributed by atoms with E-state index in [1.54, 1.807) is 0 Å². The first-order chi connectivity index (χ1) is 15.4. The maximum Gasteiger partial charge on any atom is 0.490 e. The molecule has 1 aromatic heterocycles. The number of carboxylic acids is 1. The number of aromatic nitrogens is 2. The second-order valence-electron chi connectivity index (χ2n) is 7.60. The van der Waals surface area contributed by atoms with Crippen molar-refractivity contribution in [2.75, 3.05) is 19.3 Å². The lowest BCUT2D eigenvalue weighted by Crippen LogP contribution is -2.26. The van der Waals surface area contributed by atoms with E-state index in [2.05, 4.69) is 27.4 Å². The summed E-state index contributed by atoms with van der Waals surface area (Å²) in [6.45, 7) is 2.04. The lowest BCUT2D eigenvalue weighted by Gasteiger charge is -2.22. The number of carboxylic acid groups (broad SMARTS) is 1. The largest absolute Gasteiger partial charge is 0.490 e. The number of sulfone groups is 1. The second kappa shape index (κ2) is 9.48. The zero-order chi connectivity index (χ0) is 24.4. The molecule has 2 aromatic carbocycles. The molecule has 0 spiro atoms. The summed E-state index contributed by atoms with van der Waals surface area (Å²) in [4.78, 5) is 16.5. The standard InChI is InChI=1S/C19H20FN3O2S.C2HF3O2/c1-26(24,25)14-3-4-15(16(20)11-14)19-22-17-5-2-13(10-18(17)23-19)12-6-8-21-9-7-12;3-2(4,5)1(6)7/h2-5,10-12,21H,6-9H2,1H3,(H,22,23);(H,6,7). The molecule has 1 aliphatic rings. The van der Waals surface area contributed by atoms with Crippen LogP contribution in [-0.4, -0.2) is 55.0 Å². The number of aliphatic carboxylic acids is 1. The summed E-state index contributed by atoms with van der Waals surface area (Å²) in [5.74, 6) is -2.44. The van der Waals surface area contributed by atoms with E-state index in [0.29, 0.717) is 11.7 Å². The summed E-state index contributed by atoms with van der Waals surface area (Å²) >= 11 is 0. The van der Waals surface area contributed by atoms with Crippen LogP contribution in [0.4, 0.5) is 17.6 Å². The van der Waals surface area contributed by atoms with Gasteiger partial charge in [0.1, 0.15) is 11.6 Å². The molecule has 7 nitrogen and oxygen atoms in total. The van der Waals surface area contributed by atoms with Crippen LogP contribution >= 0.6 is 0 Å². The highest BCUT2D eigenvalue weighted by atomic mass is 32.2. The first-order valence-corrected chi connectivity index (χ1v) is 11.8. The van der Waals surface area contributed by atoms with Gasteiger partial charge < -0.3 is 15.4 Å². The molecule has 1 fully saturated rings. The summed E-state index contributed by atoms with van der Waals surface area (Å²) in [5, 5.41) is 10.5. The van der Waals surface area contributed by atoms with E-state index in [1.165, 1.54) is 17.7 Å². The normalized spacial score (nSPS) is 15.2. The van der Waals surface area contributed by atoms with Crippen LogP contribution in [0.3, 0.4) is 0 Å². The third kappa shape index (κ3) is 6.08. The Morgan fingerprint density at radius 3 is 2.30 bits per heavy atom. The number of H-pyrrole nitrogens is 1.